The molecule has 66 valence electrons. The summed E-state index contributed by atoms with van der Waals surface area (Å²) >= 11 is 0. The van der Waals surface area contributed by atoms with Crippen molar-refractivity contribution >= 4 is 21.8 Å². The van der Waals surface area contributed by atoms with Crippen LogP contribution in [0.5, 0.6) is 0 Å². The third-order valence-electron chi connectivity index (χ3n) is 1.32. The van der Waals surface area contributed by atoms with E-state index in [1.165, 1.54) is 7.11 Å². The van der Waals surface area contributed by atoms with E-state index in [9.17, 15) is 0 Å². The quantitative estimate of drug-likeness (QED) is 0.552. The van der Waals surface area contributed by atoms with Gasteiger partial charge in [0.2, 0.25) is 0 Å². The Hall–Kier alpha value is -0.00519. The van der Waals surface area contributed by atoms with Crippen LogP contribution >= 0.6 is 0 Å². The summed E-state index contributed by atoms with van der Waals surface area (Å²) in [5.41, 5.74) is 0. The molecule has 1 heterocycles. The highest BCUT2D eigenvalue weighted by Gasteiger charge is 2.41. The molecule has 0 N–H and O–H groups in total. The van der Waals surface area contributed by atoms with Crippen LogP contribution in [0.2, 0.25) is 6.82 Å². The van der Waals surface area contributed by atoms with Gasteiger partial charge in [-0.05, 0) is 13.7 Å². The van der Waals surface area contributed by atoms with Crippen LogP contribution in [0.1, 0.15) is 6.92 Å². The highest BCUT2D eigenvalue weighted by molar-refractivity contribution is 6.68. The van der Waals surface area contributed by atoms with Gasteiger partial charge in [-0.2, -0.15) is 0 Å². The van der Waals surface area contributed by atoms with E-state index in [0.29, 0.717) is 6.61 Å². The second-order valence-corrected chi connectivity index (χ2v) is 2.24. The SMILES string of the molecule is CCOB1OB(C)OB(OC)O1. The van der Waals surface area contributed by atoms with E-state index in [4.69, 9.17) is 23.0 Å². The Balaban J connectivity index is 2.34. The molecule has 0 spiro atoms. The van der Waals surface area contributed by atoms with Gasteiger partial charge in [0.1, 0.15) is 0 Å². The maximum atomic E-state index is 5.11. The van der Waals surface area contributed by atoms with Crippen LogP contribution in [0.15, 0.2) is 0 Å². The third kappa shape index (κ3) is 2.80. The van der Waals surface area contributed by atoms with E-state index in [-0.39, 0.29) is 7.12 Å². The first kappa shape index (κ1) is 10.1. The molecule has 12 heavy (non-hydrogen) atoms. The van der Waals surface area contributed by atoms with Crippen molar-refractivity contribution in [2.24, 2.45) is 0 Å². The Morgan fingerprint density at radius 2 is 1.83 bits per heavy atom. The standard InChI is InChI=1S/C4H11B3O5/c1-4-9-7-11-5(2)10-6(8-3)12-7/h4H2,1-3H3. The Morgan fingerprint density at radius 1 is 1.17 bits per heavy atom. The predicted octanol–water partition coefficient (Wildman–Crippen LogP) is -0.180. The minimum absolute atomic E-state index is 0.375. The van der Waals surface area contributed by atoms with Gasteiger partial charge in [-0.1, -0.05) is 0 Å². The van der Waals surface area contributed by atoms with Crippen LogP contribution in [0.25, 0.3) is 0 Å². The van der Waals surface area contributed by atoms with Crippen molar-refractivity contribution in [3.63, 3.8) is 0 Å². The maximum absolute atomic E-state index is 5.11. The molecule has 0 aromatic rings. The second-order valence-electron chi connectivity index (χ2n) is 2.24. The second kappa shape index (κ2) is 4.88. The Bertz CT molecular complexity index is 136. The zero-order valence-corrected chi connectivity index (χ0v) is 7.48. The van der Waals surface area contributed by atoms with Crippen molar-refractivity contribution < 1.29 is 23.0 Å². The van der Waals surface area contributed by atoms with Crippen molar-refractivity contribution in [1.82, 2.24) is 0 Å². The van der Waals surface area contributed by atoms with Crippen molar-refractivity contribution in [1.29, 1.82) is 0 Å². The van der Waals surface area contributed by atoms with Gasteiger partial charge in [0.25, 0.3) is 0 Å². The van der Waals surface area contributed by atoms with Crippen LogP contribution in [-0.2, 0) is 23.0 Å². The Morgan fingerprint density at radius 3 is 2.42 bits per heavy atom. The first-order valence-corrected chi connectivity index (χ1v) is 3.87. The predicted molar refractivity (Wildman–Crippen MR) is 45.0 cm³/mol. The minimum atomic E-state index is -0.703. The molecule has 0 atom stereocenters. The lowest BCUT2D eigenvalue weighted by atomic mass is 9.85. The molecular weight excluding hydrogens is 160 g/mol. The highest BCUT2D eigenvalue weighted by Crippen LogP contribution is 2.08. The van der Waals surface area contributed by atoms with Gasteiger partial charge in [-0.25, -0.2) is 0 Å². The molecule has 1 aliphatic heterocycles. The van der Waals surface area contributed by atoms with E-state index in [2.05, 4.69) is 0 Å². The lowest BCUT2D eigenvalue weighted by Crippen LogP contribution is -2.50. The van der Waals surface area contributed by atoms with Crippen LogP contribution in [0, 0.1) is 0 Å². The van der Waals surface area contributed by atoms with Crippen molar-refractivity contribution in [2.45, 2.75) is 13.7 Å². The summed E-state index contributed by atoms with van der Waals surface area (Å²) in [5.74, 6) is 0. The van der Waals surface area contributed by atoms with Gasteiger partial charge >= 0.3 is 21.8 Å². The number of rotatable bonds is 3. The fourth-order valence-corrected chi connectivity index (χ4v) is 0.826. The zero-order chi connectivity index (χ0) is 8.97. The van der Waals surface area contributed by atoms with Crippen LogP contribution in [0.3, 0.4) is 0 Å². The largest absolute Gasteiger partial charge is 0.613 e. The topological polar surface area (TPSA) is 46.2 Å². The first-order valence-electron chi connectivity index (χ1n) is 3.87. The number of hydrogen-bond acceptors (Lipinski definition) is 5. The summed E-state index contributed by atoms with van der Waals surface area (Å²) in [4.78, 5) is 0. The molecule has 0 aliphatic carbocycles. The van der Waals surface area contributed by atoms with E-state index < -0.39 is 14.6 Å². The van der Waals surface area contributed by atoms with Crippen LogP contribution < -0.4 is 0 Å². The molecule has 0 amide bonds. The Kier molecular flexibility index (Phi) is 4.10. The summed E-state index contributed by atoms with van der Waals surface area (Å²) in [6.45, 7) is 4.13. The van der Waals surface area contributed by atoms with E-state index >= 15 is 0 Å². The summed E-state index contributed by atoms with van der Waals surface area (Å²) < 4.78 is 25.1. The highest BCUT2D eigenvalue weighted by atomic mass is 16.8. The molecular formula is C4H11B3O5. The monoisotopic (exact) mass is 172 g/mol. The summed E-state index contributed by atoms with van der Waals surface area (Å²) in [5, 5.41) is 0. The van der Waals surface area contributed by atoms with Gasteiger partial charge in [-0.3, -0.25) is 0 Å². The molecule has 0 aromatic carbocycles. The molecule has 1 aliphatic rings. The number of hydrogen-bond donors (Lipinski definition) is 0. The molecule has 0 radical (unpaired) electrons. The smallest absolute Gasteiger partial charge is 0.427 e. The summed E-state index contributed by atoms with van der Waals surface area (Å²) in [7, 11) is -0.277. The van der Waals surface area contributed by atoms with Gasteiger partial charge in [-0.15, -0.1) is 0 Å². The maximum Gasteiger partial charge on any atom is 0.613 e. The molecule has 0 unspecified atom stereocenters. The lowest BCUT2D eigenvalue weighted by Gasteiger charge is -2.26. The summed E-state index contributed by atoms with van der Waals surface area (Å²) in [6.07, 6.45) is 0. The van der Waals surface area contributed by atoms with Crippen LogP contribution in [-0.4, -0.2) is 35.5 Å². The average molecular weight is 172 g/mol. The molecule has 0 aromatic heterocycles. The third-order valence-corrected chi connectivity index (χ3v) is 1.32. The van der Waals surface area contributed by atoms with Gasteiger partial charge in [0.15, 0.2) is 0 Å². The van der Waals surface area contributed by atoms with Crippen molar-refractivity contribution in [3.8, 4) is 0 Å². The van der Waals surface area contributed by atoms with Gasteiger partial charge < -0.3 is 23.0 Å². The summed E-state index contributed by atoms with van der Waals surface area (Å²) in [6, 6.07) is 0. The molecule has 8 heteroatoms. The normalized spacial score (nSPS) is 18.8. The van der Waals surface area contributed by atoms with Crippen molar-refractivity contribution in [3.05, 3.63) is 0 Å². The average Bonchev–Trinajstić information content (AvgIpc) is 2.04. The van der Waals surface area contributed by atoms with Crippen LogP contribution in [0.4, 0.5) is 0 Å². The first-order chi connectivity index (χ1) is 5.76. The van der Waals surface area contributed by atoms with Gasteiger partial charge in [0.05, 0.1) is 0 Å². The van der Waals surface area contributed by atoms with Crippen molar-refractivity contribution in [2.75, 3.05) is 13.7 Å². The van der Waals surface area contributed by atoms with E-state index in [1.807, 2.05) is 6.92 Å². The molecule has 1 saturated heterocycles. The molecule has 0 bridgehead atoms. The lowest BCUT2D eigenvalue weighted by molar-refractivity contribution is 0.124. The zero-order valence-electron chi connectivity index (χ0n) is 7.48. The van der Waals surface area contributed by atoms with E-state index in [0.717, 1.165) is 0 Å². The minimum Gasteiger partial charge on any atom is -0.427 e. The molecule has 1 fully saturated rings. The van der Waals surface area contributed by atoms with E-state index in [1.54, 1.807) is 6.82 Å². The van der Waals surface area contributed by atoms with Gasteiger partial charge in [0, 0.05) is 13.7 Å². The molecule has 5 nitrogen and oxygen atoms in total. The molecule has 0 saturated carbocycles. The fourth-order valence-electron chi connectivity index (χ4n) is 0.826. The Labute approximate surface area is 73.1 Å². The fraction of sp³-hybridized carbons (Fsp3) is 1.00. The molecule has 1 rings (SSSR count).